The van der Waals surface area contributed by atoms with Crippen LogP contribution in [-0.2, 0) is 9.59 Å². The van der Waals surface area contributed by atoms with Gasteiger partial charge in [-0.25, -0.2) is 0 Å². The monoisotopic (exact) mass is 321 g/mol. The predicted molar refractivity (Wildman–Crippen MR) is 79.2 cm³/mol. The molecule has 2 heterocycles. The minimum absolute atomic E-state index is 0.0278. The fourth-order valence-electron chi connectivity index (χ4n) is 3.81. The third-order valence-corrected chi connectivity index (χ3v) is 4.76. The lowest BCUT2D eigenvalue weighted by atomic mass is 9.96. The Morgan fingerprint density at radius 3 is 2.91 bits per heavy atom. The fraction of sp³-hybridized carbons (Fsp3) is 0.562. The zero-order chi connectivity index (χ0) is 16.6. The van der Waals surface area contributed by atoms with Gasteiger partial charge in [0.1, 0.15) is 5.76 Å². The molecule has 1 aliphatic heterocycles. The van der Waals surface area contributed by atoms with Crippen molar-refractivity contribution in [3.63, 3.8) is 0 Å². The molecule has 1 aromatic heterocycles. The van der Waals surface area contributed by atoms with Crippen LogP contribution in [0.5, 0.6) is 5.75 Å². The van der Waals surface area contributed by atoms with Gasteiger partial charge in [0.25, 0.3) is 5.91 Å². The number of rotatable bonds is 5. The van der Waals surface area contributed by atoms with Gasteiger partial charge in [-0.05, 0) is 32.1 Å². The van der Waals surface area contributed by atoms with Gasteiger partial charge in [-0.1, -0.05) is 0 Å². The van der Waals surface area contributed by atoms with Crippen molar-refractivity contribution in [2.75, 3.05) is 6.61 Å². The molecule has 7 nitrogen and oxygen atoms in total. The first-order valence-electron chi connectivity index (χ1n) is 7.71. The van der Waals surface area contributed by atoms with E-state index >= 15 is 0 Å². The summed E-state index contributed by atoms with van der Waals surface area (Å²) in [5.74, 6) is -0.578. The number of carboxylic acids is 1. The van der Waals surface area contributed by atoms with Crippen molar-refractivity contribution in [1.29, 1.82) is 0 Å². The first-order chi connectivity index (χ1) is 11.0. The fourth-order valence-corrected chi connectivity index (χ4v) is 3.81. The molecule has 0 spiro atoms. The van der Waals surface area contributed by atoms with Gasteiger partial charge < -0.3 is 19.2 Å². The Bertz CT molecular complexity index is 681. The molecule has 1 amide bonds. The number of carboxylic acid groups (broad SMARTS) is 1. The van der Waals surface area contributed by atoms with Gasteiger partial charge in [-0.3, -0.25) is 14.4 Å². The Kier molecular flexibility index (Phi) is 4.11. The molecule has 23 heavy (non-hydrogen) atoms. The van der Waals surface area contributed by atoms with Gasteiger partial charge in [-0.2, -0.15) is 0 Å². The highest BCUT2D eigenvalue weighted by atomic mass is 16.5. The van der Waals surface area contributed by atoms with Crippen LogP contribution < -0.4 is 10.2 Å². The number of fused-ring (bicyclic) bond motifs is 2. The third kappa shape index (κ3) is 2.95. The number of carbonyl (C=O) groups is 2. The lowest BCUT2D eigenvalue weighted by Gasteiger charge is -2.34. The normalized spacial score (nSPS) is 25.6. The first kappa shape index (κ1) is 15.6. The van der Waals surface area contributed by atoms with Crippen LogP contribution in [0.15, 0.2) is 21.5 Å². The van der Waals surface area contributed by atoms with Crippen molar-refractivity contribution in [3.05, 3.63) is 28.3 Å². The second-order valence-electron chi connectivity index (χ2n) is 6.15. The Morgan fingerprint density at radius 2 is 2.22 bits per heavy atom. The van der Waals surface area contributed by atoms with Gasteiger partial charge in [0.05, 0.1) is 12.7 Å². The maximum atomic E-state index is 12.5. The van der Waals surface area contributed by atoms with Crippen molar-refractivity contribution in [2.24, 2.45) is 5.92 Å². The third-order valence-electron chi connectivity index (χ3n) is 4.76. The number of likely N-dealkylation sites (tertiary alicyclic amines) is 1. The maximum absolute atomic E-state index is 12.5. The Hall–Kier alpha value is -2.31. The number of carbonyl (C=O) groups excluding carboxylic acids is 1. The summed E-state index contributed by atoms with van der Waals surface area (Å²) >= 11 is 0. The Labute approximate surface area is 132 Å². The van der Waals surface area contributed by atoms with Gasteiger partial charge in [-0.15, -0.1) is 0 Å². The highest BCUT2D eigenvalue weighted by molar-refractivity contribution is 5.80. The van der Waals surface area contributed by atoms with E-state index in [4.69, 9.17) is 14.3 Å². The quantitative estimate of drug-likeness (QED) is 0.874. The van der Waals surface area contributed by atoms with Crippen molar-refractivity contribution >= 4 is 11.9 Å². The van der Waals surface area contributed by atoms with Crippen molar-refractivity contribution < 1.29 is 23.8 Å². The summed E-state index contributed by atoms with van der Waals surface area (Å²) in [5, 5.41) is 9.06. The van der Waals surface area contributed by atoms with Crippen LogP contribution in [0.3, 0.4) is 0 Å². The molecule has 1 saturated heterocycles. The largest absolute Gasteiger partial charge is 0.481 e. The van der Waals surface area contributed by atoms with Gasteiger partial charge >= 0.3 is 5.97 Å². The van der Waals surface area contributed by atoms with Gasteiger partial charge in [0.15, 0.2) is 6.61 Å². The van der Waals surface area contributed by atoms with Crippen molar-refractivity contribution in [2.45, 2.75) is 44.7 Å². The number of nitrogens with zero attached hydrogens (tertiary/aromatic N) is 1. The van der Waals surface area contributed by atoms with Crippen molar-refractivity contribution in [1.82, 2.24) is 4.90 Å². The van der Waals surface area contributed by atoms with Crippen LogP contribution in [0.4, 0.5) is 0 Å². The summed E-state index contributed by atoms with van der Waals surface area (Å²) in [6.07, 6.45) is 3.96. The zero-order valence-corrected chi connectivity index (χ0v) is 12.9. The van der Waals surface area contributed by atoms with Gasteiger partial charge in [0, 0.05) is 18.2 Å². The molecule has 1 aliphatic carbocycles. The maximum Gasteiger partial charge on any atom is 0.305 e. The standard InChI is InChI=1S/C16H19NO6/c1-9-16(13(18)4-5-22-9)23-8-14(19)17-11-3-2-10(6-11)12(17)7-15(20)21/h4-5,10-12H,2-3,6-8H2,1H3,(H,20,21)/t10-,11+,12+/m0/s1. The first-order valence-corrected chi connectivity index (χ1v) is 7.71. The number of ether oxygens (including phenoxy) is 1. The van der Waals surface area contributed by atoms with E-state index in [9.17, 15) is 14.4 Å². The molecule has 0 radical (unpaired) electrons. The second-order valence-corrected chi connectivity index (χ2v) is 6.15. The Balaban J connectivity index is 1.70. The summed E-state index contributed by atoms with van der Waals surface area (Å²) in [6, 6.07) is 1.06. The number of aryl methyl sites for hydroxylation is 1. The van der Waals surface area contributed by atoms with E-state index in [0.717, 1.165) is 19.3 Å². The molecular formula is C16H19NO6. The summed E-state index contributed by atoms with van der Waals surface area (Å²) in [7, 11) is 0. The molecule has 2 aliphatic rings. The molecule has 1 N–H and O–H groups in total. The van der Waals surface area contributed by atoms with Crippen LogP contribution >= 0.6 is 0 Å². The molecule has 2 fully saturated rings. The summed E-state index contributed by atoms with van der Waals surface area (Å²) in [5.41, 5.74) is -0.341. The number of hydrogen-bond acceptors (Lipinski definition) is 5. The molecule has 1 aromatic rings. The number of aliphatic carboxylic acids is 1. The highest BCUT2D eigenvalue weighted by Gasteiger charge is 2.48. The summed E-state index contributed by atoms with van der Waals surface area (Å²) < 4.78 is 10.5. The zero-order valence-electron chi connectivity index (χ0n) is 12.9. The van der Waals surface area contributed by atoms with E-state index in [1.165, 1.54) is 12.3 Å². The SMILES string of the molecule is Cc1occc(=O)c1OCC(=O)N1[C@@H]2CC[C@@H](C2)[C@H]1CC(=O)O. The smallest absolute Gasteiger partial charge is 0.305 e. The second kappa shape index (κ2) is 6.06. The Morgan fingerprint density at radius 1 is 1.43 bits per heavy atom. The summed E-state index contributed by atoms with van der Waals surface area (Å²) in [6.45, 7) is 1.31. The summed E-state index contributed by atoms with van der Waals surface area (Å²) in [4.78, 5) is 36.9. The highest BCUT2D eigenvalue weighted by Crippen LogP contribution is 2.43. The molecule has 1 saturated carbocycles. The van der Waals surface area contributed by atoms with Crippen LogP contribution in [0.2, 0.25) is 0 Å². The average molecular weight is 321 g/mol. The number of hydrogen-bond donors (Lipinski definition) is 1. The van der Waals surface area contributed by atoms with E-state index < -0.39 is 5.97 Å². The minimum Gasteiger partial charge on any atom is -0.481 e. The molecule has 3 atom stereocenters. The van der Waals surface area contributed by atoms with E-state index in [1.54, 1.807) is 11.8 Å². The molecule has 124 valence electrons. The van der Waals surface area contributed by atoms with Crippen molar-refractivity contribution in [3.8, 4) is 5.75 Å². The van der Waals surface area contributed by atoms with Crippen LogP contribution in [0.25, 0.3) is 0 Å². The van der Waals surface area contributed by atoms with Crippen LogP contribution in [0, 0.1) is 12.8 Å². The lowest BCUT2D eigenvalue weighted by Crippen LogP contribution is -2.48. The minimum atomic E-state index is -0.902. The van der Waals surface area contributed by atoms with E-state index in [1.807, 2.05) is 0 Å². The van der Waals surface area contributed by atoms with Crippen LogP contribution in [-0.4, -0.2) is 40.6 Å². The lowest BCUT2D eigenvalue weighted by molar-refractivity contribution is -0.143. The molecule has 7 heteroatoms. The van der Waals surface area contributed by atoms with E-state index in [0.29, 0.717) is 5.76 Å². The molecule has 0 aromatic carbocycles. The van der Waals surface area contributed by atoms with E-state index in [2.05, 4.69) is 0 Å². The van der Waals surface area contributed by atoms with E-state index in [-0.39, 0.29) is 48.1 Å². The molecule has 0 unspecified atom stereocenters. The molecule has 2 bridgehead atoms. The van der Waals surface area contributed by atoms with Gasteiger partial charge in [0.2, 0.25) is 11.2 Å². The molecular weight excluding hydrogens is 302 g/mol. The molecule has 3 rings (SSSR count). The predicted octanol–water partition coefficient (Wildman–Crippen LogP) is 1.18. The number of amides is 1. The van der Waals surface area contributed by atoms with Crippen LogP contribution in [0.1, 0.15) is 31.4 Å². The number of piperidine rings is 1. The average Bonchev–Trinajstić information content (AvgIpc) is 3.07. The topological polar surface area (TPSA) is 97.0 Å².